The van der Waals surface area contributed by atoms with E-state index in [1.165, 1.54) is 30.3 Å². The van der Waals surface area contributed by atoms with E-state index in [0.29, 0.717) is 12.4 Å². The van der Waals surface area contributed by atoms with Gasteiger partial charge in [-0.1, -0.05) is 12.1 Å². The van der Waals surface area contributed by atoms with E-state index in [4.69, 9.17) is 4.74 Å². The number of hydrogen-bond acceptors (Lipinski definition) is 7. The van der Waals surface area contributed by atoms with Crippen LogP contribution in [0.2, 0.25) is 0 Å². The van der Waals surface area contributed by atoms with Crippen LogP contribution in [0.15, 0.2) is 52.5 Å². The number of hydrogen-bond donors (Lipinski definition) is 1. The highest BCUT2D eigenvalue weighted by Gasteiger charge is 2.13. The second kappa shape index (κ2) is 7.62. The van der Waals surface area contributed by atoms with Crippen LogP contribution in [0.3, 0.4) is 0 Å². The van der Waals surface area contributed by atoms with E-state index in [1.54, 1.807) is 0 Å². The van der Waals surface area contributed by atoms with E-state index in [0.717, 1.165) is 18.3 Å². The summed E-state index contributed by atoms with van der Waals surface area (Å²) in [6.45, 7) is 2.27. The number of rotatable bonds is 7. The molecule has 0 radical (unpaired) electrons. The van der Waals surface area contributed by atoms with Gasteiger partial charge in [0.05, 0.1) is 22.6 Å². The highest BCUT2D eigenvalue weighted by molar-refractivity contribution is 7.89. The molecule has 0 saturated carbocycles. The average molecular weight is 364 g/mol. The number of sulfonamides is 1. The van der Waals surface area contributed by atoms with Crippen LogP contribution in [0, 0.1) is 10.1 Å². The van der Waals surface area contributed by atoms with Gasteiger partial charge in [0.1, 0.15) is 5.75 Å². The van der Waals surface area contributed by atoms with Crippen molar-refractivity contribution >= 4 is 21.9 Å². The number of nitrogens with zero attached hydrogens (tertiary/aromatic N) is 2. The van der Waals surface area contributed by atoms with E-state index in [-0.39, 0.29) is 10.5 Å². The van der Waals surface area contributed by atoms with Gasteiger partial charge in [0, 0.05) is 11.6 Å². The highest BCUT2D eigenvalue weighted by atomic mass is 32.2. The summed E-state index contributed by atoms with van der Waals surface area (Å²) in [4.78, 5) is 11.9. The van der Waals surface area contributed by atoms with Crippen molar-refractivity contribution in [1.29, 1.82) is 0 Å². The second-order valence-corrected chi connectivity index (χ2v) is 6.40. The maximum absolute atomic E-state index is 12.1. The van der Waals surface area contributed by atoms with Gasteiger partial charge in [0.2, 0.25) is 0 Å². The summed E-state index contributed by atoms with van der Waals surface area (Å²) in [5, 5.41) is 25.6. The smallest absolute Gasteiger partial charge is 0.276 e. The molecule has 9 nitrogen and oxygen atoms in total. The molecule has 0 heterocycles. The third-order valence-corrected chi connectivity index (χ3v) is 4.25. The molecular weight excluding hydrogens is 350 g/mol. The fraction of sp³-hybridized carbons (Fsp3) is 0.133. The normalized spacial score (nSPS) is 11.4. The number of nitrogens with one attached hydrogen (secondary N) is 1. The predicted molar refractivity (Wildman–Crippen MR) is 88.1 cm³/mol. The summed E-state index contributed by atoms with van der Waals surface area (Å²) < 4.78 is 29.4. The topological polar surface area (TPSA) is 134 Å². The largest absolute Gasteiger partial charge is 0.868 e. The molecule has 25 heavy (non-hydrogen) atoms. The Hall–Kier alpha value is -3.14. The Morgan fingerprint density at radius 1 is 1.24 bits per heavy atom. The van der Waals surface area contributed by atoms with Crippen molar-refractivity contribution in [2.75, 3.05) is 6.61 Å². The van der Waals surface area contributed by atoms with Crippen LogP contribution >= 0.6 is 0 Å². The molecule has 0 saturated heterocycles. The van der Waals surface area contributed by atoms with Crippen LogP contribution in [-0.2, 0) is 10.0 Å². The molecule has 0 bridgehead atoms. The van der Waals surface area contributed by atoms with Crippen molar-refractivity contribution in [2.24, 2.45) is 5.10 Å². The van der Waals surface area contributed by atoms with Crippen molar-refractivity contribution in [1.82, 2.24) is 4.83 Å². The van der Waals surface area contributed by atoms with Crippen LogP contribution in [-0.4, -0.2) is 26.2 Å². The van der Waals surface area contributed by atoms with Crippen LogP contribution in [0.1, 0.15) is 12.5 Å². The second-order valence-electron chi connectivity index (χ2n) is 4.74. The highest BCUT2D eigenvalue weighted by Crippen LogP contribution is 2.23. The van der Waals surface area contributed by atoms with Crippen molar-refractivity contribution < 1.29 is 23.2 Å². The molecule has 0 amide bonds. The van der Waals surface area contributed by atoms with Crippen molar-refractivity contribution in [2.45, 2.75) is 11.8 Å². The molecule has 2 aromatic carbocycles. The minimum atomic E-state index is -3.90. The minimum Gasteiger partial charge on any atom is -0.868 e. The molecule has 0 unspecified atom stereocenters. The lowest BCUT2D eigenvalue weighted by Crippen LogP contribution is -2.18. The summed E-state index contributed by atoms with van der Waals surface area (Å²) in [5.41, 5.74) is -0.404. The summed E-state index contributed by atoms with van der Waals surface area (Å²) in [6.07, 6.45) is 1.07. The van der Waals surface area contributed by atoms with Crippen LogP contribution in [0.5, 0.6) is 11.5 Å². The predicted octanol–water partition coefficient (Wildman–Crippen LogP) is 1.38. The van der Waals surface area contributed by atoms with E-state index >= 15 is 0 Å². The zero-order chi connectivity index (χ0) is 18.4. The third kappa shape index (κ3) is 4.67. The van der Waals surface area contributed by atoms with E-state index < -0.39 is 26.4 Å². The zero-order valence-electron chi connectivity index (χ0n) is 13.1. The number of nitro benzene ring substituents is 1. The molecule has 2 aromatic rings. The Labute approximate surface area is 143 Å². The molecule has 0 spiro atoms. The van der Waals surface area contributed by atoms with Crippen molar-refractivity contribution in [3.8, 4) is 11.5 Å². The van der Waals surface area contributed by atoms with Gasteiger partial charge < -0.3 is 9.84 Å². The molecule has 0 aromatic heterocycles. The lowest BCUT2D eigenvalue weighted by molar-refractivity contribution is -0.398. The maximum atomic E-state index is 12.1. The minimum absolute atomic E-state index is 0.0195. The van der Waals surface area contributed by atoms with Gasteiger partial charge in [-0.3, -0.25) is 10.1 Å². The summed E-state index contributed by atoms with van der Waals surface area (Å²) in [5.74, 6) is -0.202. The summed E-state index contributed by atoms with van der Waals surface area (Å²) in [6, 6.07) is 9.07. The van der Waals surface area contributed by atoms with Gasteiger partial charge in [-0.15, -0.1) is 0 Å². The van der Waals surface area contributed by atoms with E-state index in [9.17, 15) is 23.6 Å². The van der Waals surface area contributed by atoms with Crippen molar-refractivity contribution in [3.05, 3.63) is 58.1 Å². The first-order valence-electron chi connectivity index (χ1n) is 7.06. The van der Waals surface area contributed by atoms with Crippen LogP contribution in [0.25, 0.3) is 0 Å². The molecular formula is C15H14N3O6S-. The molecule has 0 fully saturated rings. The molecule has 0 aliphatic rings. The Morgan fingerprint density at radius 3 is 2.52 bits per heavy atom. The lowest BCUT2D eigenvalue weighted by atomic mass is 10.2. The van der Waals surface area contributed by atoms with E-state index in [2.05, 4.69) is 5.10 Å². The number of hydrazone groups is 1. The zero-order valence-corrected chi connectivity index (χ0v) is 13.9. The van der Waals surface area contributed by atoms with Gasteiger partial charge in [0.15, 0.2) is 0 Å². The van der Waals surface area contributed by atoms with Gasteiger partial charge >= 0.3 is 0 Å². The SMILES string of the molecule is CCOc1ccc(S(=O)(=O)N/N=C\c2ccc([O-])c([N+](=O)[O-])c2)cc1. The van der Waals surface area contributed by atoms with Crippen LogP contribution in [0.4, 0.5) is 5.69 Å². The molecule has 2 rings (SSSR count). The molecule has 1 N–H and O–H groups in total. The Kier molecular flexibility index (Phi) is 5.55. The molecule has 0 aliphatic heterocycles. The quantitative estimate of drug-likeness (QED) is 0.448. The molecule has 10 heteroatoms. The van der Waals surface area contributed by atoms with Gasteiger partial charge in [0.25, 0.3) is 15.7 Å². The van der Waals surface area contributed by atoms with Crippen LogP contribution < -0.4 is 14.7 Å². The number of nitro groups is 1. The Morgan fingerprint density at radius 2 is 1.92 bits per heavy atom. The lowest BCUT2D eigenvalue weighted by Gasteiger charge is -2.07. The monoisotopic (exact) mass is 364 g/mol. The Bertz CT molecular complexity index is 894. The van der Waals surface area contributed by atoms with Gasteiger partial charge in [-0.2, -0.15) is 13.5 Å². The maximum Gasteiger partial charge on any atom is 0.276 e. The van der Waals surface area contributed by atoms with E-state index in [1.807, 2.05) is 11.8 Å². The average Bonchev–Trinajstić information content (AvgIpc) is 2.57. The summed E-state index contributed by atoms with van der Waals surface area (Å²) >= 11 is 0. The molecule has 132 valence electrons. The number of ether oxygens (including phenoxy) is 1. The van der Waals surface area contributed by atoms with Crippen molar-refractivity contribution in [3.63, 3.8) is 0 Å². The number of benzene rings is 2. The molecule has 0 aliphatic carbocycles. The molecule has 0 atom stereocenters. The Balaban J connectivity index is 2.12. The fourth-order valence-corrected chi connectivity index (χ4v) is 2.65. The standard InChI is InChI=1S/C15H15N3O6S/c1-2-24-12-4-6-13(7-5-12)25(22,23)17-16-10-11-3-8-15(19)14(9-11)18(20)21/h3-10,17,19H,2H2,1H3/p-1/b16-10-. The third-order valence-electron chi connectivity index (χ3n) is 3.01. The van der Waals surface area contributed by atoms with Gasteiger partial charge in [-0.25, -0.2) is 4.83 Å². The summed E-state index contributed by atoms with van der Waals surface area (Å²) in [7, 11) is -3.90. The first-order valence-corrected chi connectivity index (χ1v) is 8.55. The first-order chi connectivity index (χ1) is 11.8. The fourth-order valence-electron chi connectivity index (χ4n) is 1.86. The van der Waals surface area contributed by atoms with Gasteiger partial charge in [-0.05, 0) is 36.9 Å². The first kappa shape index (κ1) is 18.2.